The summed E-state index contributed by atoms with van der Waals surface area (Å²) in [7, 11) is 2.09. The molecule has 96 valence electrons. The number of nitrogens with one attached hydrogen (secondary N) is 1. The summed E-state index contributed by atoms with van der Waals surface area (Å²) in [6.45, 7) is 4.51. The van der Waals surface area contributed by atoms with Crippen molar-refractivity contribution in [3.05, 3.63) is 0 Å². The van der Waals surface area contributed by atoms with Gasteiger partial charge in [-0.05, 0) is 38.6 Å². The molecule has 0 amide bonds. The summed E-state index contributed by atoms with van der Waals surface area (Å²) in [5.74, 6) is 3.60. The van der Waals surface area contributed by atoms with Crippen LogP contribution in [0.2, 0.25) is 0 Å². The van der Waals surface area contributed by atoms with Gasteiger partial charge in [0.25, 0.3) is 0 Å². The summed E-state index contributed by atoms with van der Waals surface area (Å²) in [6, 6.07) is 2.46. The number of hydrogen-bond acceptors (Lipinski definition) is 2. The summed E-state index contributed by atoms with van der Waals surface area (Å²) in [5.41, 5.74) is 0. The summed E-state index contributed by atoms with van der Waals surface area (Å²) in [5, 5.41) is 3.46. The maximum atomic E-state index is 5.77. The second-order valence-electron chi connectivity index (χ2n) is 6.00. The predicted octanol–water partition coefficient (Wildman–Crippen LogP) is 2.25. The highest BCUT2D eigenvalue weighted by molar-refractivity contribution is 5.08. The highest BCUT2D eigenvalue weighted by Gasteiger charge is 2.41. The van der Waals surface area contributed by atoms with Crippen LogP contribution in [0.4, 0.5) is 0 Å². The molecule has 0 aliphatic carbocycles. The van der Waals surface area contributed by atoms with E-state index in [2.05, 4.69) is 37.0 Å². The minimum atomic E-state index is 0.336. The highest BCUT2D eigenvalue weighted by Crippen LogP contribution is 2.36. The lowest BCUT2D eigenvalue weighted by molar-refractivity contribution is -0.00519. The van der Waals surface area contributed by atoms with Crippen LogP contribution in [0.25, 0.3) is 0 Å². The molecular formula is C15H26N2. The number of hydrogen-bond donors (Lipinski definition) is 1. The van der Waals surface area contributed by atoms with E-state index in [1.54, 1.807) is 0 Å². The number of terminal acetylenes is 1. The molecule has 17 heavy (non-hydrogen) atoms. The van der Waals surface area contributed by atoms with Gasteiger partial charge in [0.1, 0.15) is 0 Å². The number of fused-ring (bicyclic) bond motifs is 2. The van der Waals surface area contributed by atoms with Gasteiger partial charge in [0.05, 0.1) is 6.04 Å². The second kappa shape index (κ2) is 5.42. The Hall–Kier alpha value is -0.520. The van der Waals surface area contributed by atoms with Gasteiger partial charge in [-0.2, -0.15) is 0 Å². The standard InChI is InChI=1S/C15H26N2/c1-5-15(11(2)3)17-13-7-6-8-14(17)10-12(9-13)16-4/h1,11-16H,6-10H2,2-4H3. The van der Waals surface area contributed by atoms with E-state index in [1.807, 2.05) is 0 Å². The van der Waals surface area contributed by atoms with Gasteiger partial charge in [-0.25, -0.2) is 0 Å². The Morgan fingerprint density at radius 1 is 1.24 bits per heavy atom. The molecule has 2 bridgehead atoms. The molecule has 2 rings (SSSR count). The molecule has 0 aromatic rings. The molecule has 1 N–H and O–H groups in total. The zero-order valence-corrected chi connectivity index (χ0v) is 11.4. The largest absolute Gasteiger partial charge is 0.317 e. The van der Waals surface area contributed by atoms with Crippen LogP contribution in [0.1, 0.15) is 46.0 Å². The van der Waals surface area contributed by atoms with Gasteiger partial charge >= 0.3 is 0 Å². The van der Waals surface area contributed by atoms with E-state index in [9.17, 15) is 0 Å². The second-order valence-corrected chi connectivity index (χ2v) is 6.00. The van der Waals surface area contributed by atoms with Gasteiger partial charge < -0.3 is 5.32 Å². The third-order valence-electron chi connectivity index (χ3n) is 4.56. The van der Waals surface area contributed by atoms with Gasteiger partial charge in [-0.3, -0.25) is 4.90 Å². The lowest BCUT2D eigenvalue weighted by atomic mass is 9.79. The maximum absolute atomic E-state index is 5.77. The van der Waals surface area contributed by atoms with E-state index < -0.39 is 0 Å². The molecule has 3 atom stereocenters. The molecule has 2 heteroatoms. The maximum Gasteiger partial charge on any atom is 0.0739 e. The molecule has 2 aliphatic rings. The summed E-state index contributed by atoms with van der Waals surface area (Å²) >= 11 is 0. The lowest BCUT2D eigenvalue weighted by Crippen LogP contribution is -2.60. The van der Waals surface area contributed by atoms with Gasteiger partial charge in [0, 0.05) is 18.1 Å². The van der Waals surface area contributed by atoms with Gasteiger partial charge in [0.15, 0.2) is 0 Å². The van der Waals surface area contributed by atoms with Crippen molar-refractivity contribution in [2.45, 2.75) is 70.1 Å². The third kappa shape index (κ3) is 2.51. The SMILES string of the molecule is C#CC(C(C)C)N1C2CCCC1CC(NC)C2. The highest BCUT2D eigenvalue weighted by atomic mass is 15.2. The van der Waals surface area contributed by atoms with Crippen LogP contribution in [0.15, 0.2) is 0 Å². The normalized spacial score (nSPS) is 35.6. The zero-order valence-electron chi connectivity index (χ0n) is 11.4. The fraction of sp³-hybridized carbons (Fsp3) is 0.867. The molecule has 2 heterocycles. The van der Waals surface area contributed by atoms with E-state index >= 15 is 0 Å². The van der Waals surface area contributed by atoms with Crippen molar-refractivity contribution in [1.29, 1.82) is 0 Å². The molecule has 2 fully saturated rings. The van der Waals surface area contributed by atoms with Crippen molar-refractivity contribution in [2.75, 3.05) is 7.05 Å². The smallest absolute Gasteiger partial charge is 0.0739 e. The first-order chi connectivity index (χ1) is 8.17. The number of piperidine rings is 2. The Morgan fingerprint density at radius 2 is 1.82 bits per heavy atom. The van der Waals surface area contributed by atoms with Gasteiger partial charge in [-0.1, -0.05) is 26.2 Å². The van der Waals surface area contributed by atoms with Crippen molar-refractivity contribution >= 4 is 0 Å². The fourth-order valence-electron chi connectivity index (χ4n) is 3.73. The molecule has 0 saturated carbocycles. The van der Waals surface area contributed by atoms with E-state index in [-0.39, 0.29) is 0 Å². The number of rotatable bonds is 3. The lowest BCUT2D eigenvalue weighted by Gasteiger charge is -2.52. The molecule has 0 aromatic heterocycles. The summed E-state index contributed by atoms with van der Waals surface area (Å²) in [4.78, 5) is 2.67. The van der Waals surface area contributed by atoms with Crippen molar-refractivity contribution in [3.63, 3.8) is 0 Å². The van der Waals surface area contributed by atoms with Crippen LogP contribution in [0.5, 0.6) is 0 Å². The van der Waals surface area contributed by atoms with Crippen LogP contribution < -0.4 is 5.32 Å². The van der Waals surface area contributed by atoms with Gasteiger partial charge in [0.2, 0.25) is 0 Å². The van der Waals surface area contributed by atoms with E-state index in [0.29, 0.717) is 30.1 Å². The molecule has 2 saturated heterocycles. The van der Waals surface area contributed by atoms with E-state index in [0.717, 1.165) is 0 Å². The average Bonchev–Trinajstić information content (AvgIpc) is 2.28. The molecule has 2 aliphatic heterocycles. The minimum absolute atomic E-state index is 0.336. The summed E-state index contributed by atoms with van der Waals surface area (Å²) < 4.78 is 0. The van der Waals surface area contributed by atoms with Crippen LogP contribution in [0, 0.1) is 18.3 Å². The molecule has 0 radical (unpaired) electrons. The van der Waals surface area contributed by atoms with Crippen molar-refractivity contribution in [1.82, 2.24) is 10.2 Å². The number of nitrogens with zero attached hydrogens (tertiary/aromatic N) is 1. The van der Waals surface area contributed by atoms with Crippen molar-refractivity contribution < 1.29 is 0 Å². The van der Waals surface area contributed by atoms with Crippen LogP contribution in [-0.4, -0.2) is 36.1 Å². The van der Waals surface area contributed by atoms with Gasteiger partial charge in [-0.15, -0.1) is 6.42 Å². The zero-order chi connectivity index (χ0) is 12.4. The van der Waals surface area contributed by atoms with Crippen LogP contribution >= 0.6 is 0 Å². The fourth-order valence-corrected chi connectivity index (χ4v) is 3.73. The predicted molar refractivity (Wildman–Crippen MR) is 72.8 cm³/mol. The van der Waals surface area contributed by atoms with E-state index in [4.69, 9.17) is 6.42 Å². The Bertz CT molecular complexity index is 278. The molecule has 0 spiro atoms. The Morgan fingerprint density at radius 3 is 2.24 bits per heavy atom. The van der Waals surface area contributed by atoms with Crippen molar-refractivity contribution in [2.24, 2.45) is 5.92 Å². The Labute approximate surface area is 106 Å². The Kier molecular flexibility index (Phi) is 4.12. The van der Waals surface area contributed by atoms with Crippen molar-refractivity contribution in [3.8, 4) is 12.3 Å². The molecular weight excluding hydrogens is 208 g/mol. The minimum Gasteiger partial charge on any atom is -0.317 e. The molecule has 0 aromatic carbocycles. The average molecular weight is 234 g/mol. The molecule has 2 nitrogen and oxygen atoms in total. The first-order valence-corrected chi connectivity index (χ1v) is 7.08. The monoisotopic (exact) mass is 234 g/mol. The Balaban J connectivity index is 2.15. The van der Waals surface area contributed by atoms with Crippen LogP contribution in [-0.2, 0) is 0 Å². The third-order valence-corrected chi connectivity index (χ3v) is 4.56. The molecule has 3 unspecified atom stereocenters. The topological polar surface area (TPSA) is 15.3 Å². The van der Waals surface area contributed by atoms with Crippen LogP contribution in [0.3, 0.4) is 0 Å². The summed E-state index contributed by atoms with van der Waals surface area (Å²) in [6.07, 6.45) is 12.4. The first-order valence-electron chi connectivity index (χ1n) is 7.08. The first kappa shape index (κ1) is 12.9. The van der Waals surface area contributed by atoms with E-state index in [1.165, 1.54) is 32.1 Å². The quantitative estimate of drug-likeness (QED) is 0.754.